The lowest BCUT2D eigenvalue weighted by Gasteiger charge is -2.15. The van der Waals surface area contributed by atoms with Crippen LogP contribution in [0.25, 0.3) is 0 Å². The summed E-state index contributed by atoms with van der Waals surface area (Å²) < 4.78 is 0. The molecular formula is C12H18. The summed E-state index contributed by atoms with van der Waals surface area (Å²) in [6.45, 7) is 0. The fraction of sp³-hybridized carbons (Fsp3) is 1.00. The minimum atomic E-state index is 1.20. The molecule has 0 heterocycles. The Bertz CT molecular complexity index is 176. The first-order chi connectivity index (χ1) is 5.93. The maximum atomic E-state index is 1.64. The summed E-state index contributed by atoms with van der Waals surface area (Å²) in [6, 6.07) is 0. The van der Waals surface area contributed by atoms with E-state index in [2.05, 4.69) is 0 Å². The third-order valence-corrected chi connectivity index (χ3v) is 5.65. The van der Waals surface area contributed by atoms with Crippen LogP contribution in [0.3, 0.4) is 0 Å². The van der Waals surface area contributed by atoms with Crippen molar-refractivity contribution in [1.29, 1.82) is 0 Å². The molecule has 4 aliphatic rings. The molecule has 0 radical (unpaired) electrons. The second kappa shape index (κ2) is 1.91. The molecule has 4 atom stereocenters. The summed E-state index contributed by atoms with van der Waals surface area (Å²) in [6.07, 6.45) is 9.71. The minimum absolute atomic E-state index is 1.20. The van der Waals surface area contributed by atoms with E-state index >= 15 is 0 Å². The first kappa shape index (κ1) is 6.45. The highest BCUT2D eigenvalue weighted by Crippen LogP contribution is 2.67. The van der Waals surface area contributed by atoms with Crippen molar-refractivity contribution >= 4 is 0 Å². The Kier molecular flexibility index (Phi) is 1.03. The first-order valence-corrected chi connectivity index (χ1v) is 5.93. The molecule has 4 aliphatic carbocycles. The Morgan fingerprint density at radius 2 is 0.833 bits per heavy atom. The van der Waals surface area contributed by atoms with Gasteiger partial charge in [0.05, 0.1) is 0 Å². The number of hydrogen-bond donors (Lipinski definition) is 0. The third-order valence-electron chi connectivity index (χ3n) is 5.65. The van der Waals surface area contributed by atoms with Crippen LogP contribution < -0.4 is 0 Å². The van der Waals surface area contributed by atoms with Crippen molar-refractivity contribution in [2.75, 3.05) is 0 Å². The third kappa shape index (κ3) is 0.561. The lowest BCUT2D eigenvalue weighted by molar-refractivity contribution is 0.322. The van der Waals surface area contributed by atoms with Gasteiger partial charge in [-0.3, -0.25) is 0 Å². The van der Waals surface area contributed by atoms with Crippen molar-refractivity contribution in [3.8, 4) is 0 Å². The van der Waals surface area contributed by atoms with E-state index in [9.17, 15) is 0 Å². The van der Waals surface area contributed by atoms with Crippen LogP contribution in [0.2, 0.25) is 0 Å². The summed E-state index contributed by atoms with van der Waals surface area (Å²) in [4.78, 5) is 0. The molecule has 4 fully saturated rings. The molecule has 12 heavy (non-hydrogen) atoms. The van der Waals surface area contributed by atoms with E-state index in [1.807, 2.05) is 0 Å². The molecule has 4 rings (SSSR count). The van der Waals surface area contributed by atoms with Crippen LogP contribution in [0.4, 0.5) is 0 Å². The highest BCUT2D eigenvalue weighted by Gasteiger charge is 2.59. The molecule has 0 aromatic rings. The molecule has 0 heteroatoms. The van der Waals surface area contributed by atoms with E-state index in [4.69, 9.17) is 0 Å². The van der Waals surface area contributed by atoms with Crippen molar-refractivity contribution < 1.29 is 0 Å². The molecule has 0 saturated heterocycles. The van der Waals surface area contributed by atoms with Crippen molar-refractivity contribution in [2.24, 2.45) is 35.5 Å². The zero-order valence-electron chi connectivity index (χ0n) is 7.71. The Balaban J connectivity index is 1.80. The topological polar surface area (TPSA) is 0 Å². The maximum absolute atomic E-state index is 1.64. The Hall–Kier alpha value is 0. The van der Waals surface area contributed by atoms with Gasteiger partial charge in [0, 0.05) is 0 Å². The lowest BCUT2D eigenvalue weighted by Crippen LogP contribution is -2.11. The van der Waals surface area contributed by atoms with Gasteiger partial charge in [-0.1, -0.05) is 0 Å². The van der Waals surface area contributed by atoms with Gasteiger partial charge in [-0.05, 0) is 74.0 Å². The lowest BCUT2D eigenvalue weighted by atomic mass is 9.90. The van der Waals surface area contributed by atoms with Gasteiger partial charge in [-0.2, -0.15) is 0 Å². The largest absolute Gasteiger partial charge is 0.0499 e. The summed E-state index contributed by atoms with van der Waals surface area (Å²) >= 11 is 0. The molecule has 0 aliphatic heterocycles. The van der Waals surface area contributed by atoms with Crippen LogP contribution in [0.15, 0.2) is 0 Å². The molecule has 0 aromatic carbocycles. The predicted octanol–water partition coefficient (Wildman–Crippen LogP) is 3.08. The maximum Gasteiger partial charge on any atom is -0.0323 e. The quantitative estimate of drug-likeness (QED) is 0.513. The molecule has 66 valence electrons. The van der Waals surface area contributed by atoms with Gasteiger partial charge in [0.25, 0.3) is 0 Å². The van der Waals surface area contributed by atoms with Crippen molar-refractivity contribution in [3.63, 3.8) is 0 Å². The van der Waals surface area contributed by atoms with Gasteiger partial charge in [-0.25, -0.2) is 0 Å². The smallest absolute Gasteiger partial charge is 0.0323 e. The molecule has 0 spiro atoms. The molecule has 4 saturated carbocycles. The Labute approximate surface area is 74.7 Å². The van der Waals surface area contributed by atoms with Crippen LogP contribution in [0.1, 0.15) is 38.5 Å². The zero-order valence-corrected chi connectivity index (χ0v) is 7.71. The van der Waals surface area contributed by atoms with E-state index in [0.29, 0.717) is 0 Å². The molecular weight excluding hydrogens is 144 g/mol. The van der Waals surface area contributed by atoms with Gasteiger partial charge in [0.1, 0.15) is 0 Å². The van der Waals surface area contributed by atoms with Crippen molar-refractivity contribution in [2.45, 2.75) is 38.5 Å². The second-order valence-electron chi connectivity index (χ2n) is 5.82. The fourth-order valence-corrected chi connectivity index (χ4v) is 5.53. The monoisotopic (exact) mass is 162 g/mol. The Morgan fingerprint density at radius 3 is 1.17 bits per heavy atom. The van der Waals surface area contributed by atoms with Gasteiger partial charge in [0.2, 0.25) is 0 Å². The van der Waals surface area contributed by atoms with Crippen LogP contribution in [-0.4, -0.2) is 0 Å². The highest BCUT2D eigenvalue weighted by atomic mass is 14.6. The molecule has 0 bridgehead atoms. The standard InChI is InChI=1S/C12H18/c1-2-8-6-10-4-3-9-5-7(1)11(8)12(9)10/h7-12H,1-6H2. The molecule has 0 N–H and O–H groups in total. The van der Waals surface area contributed by atoms with E-state index in [0.717, 1.165) is 0 Å². The average Bonchev–Trinajstić information content (AvgIpc) is 2.71. The van der Waals surface area contributed by atoms with Gasteiger partial charge in [-0.15, -0.1) is 0 Å². The van der Waals surface area contributed by atoms with Crippen LogP contribution >= 0.6 is 0 Å². The summed E-state index contributed by atoms with van der Waals surface area (Å²) in [5, 5.41) is 0. The van der Waals surface area contributed by atoms with Gasteiger partial charge >= 0.3 is 0 Å². The molecule has 0 nitrogen and oxygen atoms in total. The van der Waals surface area contributed by atoms with Crippen molar-refractivity contribution in [3.05, 3.63) is 0 Å². The minimum Gasteiger partial charge on any atom is -0.0499 e. The second-order valence-corrected chi connectivity index (χ2v) is 5.82. The average molecular weight is 162 g/mol. The normalized spacial score (nSPS) is 66.0. The summed E-state index contributed by atoms with van der Waals surface area (Å²) in [7, 11) is 0. The van der Waals surface area contributed by atoms with Crippen LogP contribution in [0, 0.1) is 35.5 Å². The SMILES string of the molecule is C1CC2CC3CCC4CC1C2C43. The summed E-state index contributed by atoms with van der Waals surface area (Å²) in [5.41, 5.74) is 0. The van der Waals surface area contributed by atoms with Crippen molar-refractivity contribution in [1.82, 2.24) is 0 Å². The first-order valence-electron chi connectivity index (χ1n) is 5.93. The summed E-state index contributed by atoms with van der Waals surface area (Å²) in [5.74, 6) is 7.29. The van der Waals surface area contributed by atoms with E-state index in [-0.39, 0.29) is 0 Å². The highest BCUT2D eigenvalue weighted by molar-refractivity contribution is 5.08. The van der Waals surface area contributed by atoms with Crippen LogP contribution in [-0.2, 0) is 0 Å². The Morgan fingerprint density at radius 1 is 0.500 bits per heavy atom. The molecule has 4 unspecified atom stereocenters. The molecule has 0 amide bonds. The molecule has 0 aromatic heterocycles. The van der Waals surface area contributed by atoms with E-state index in [1.54, 1.807) is 38.5 Å². The van der Waals surface area contributed by atoms with Gasteiger partial charge in [0.15, 0.2) is 0 Å². The number of hydrogen-bond acceptors (Lipinski definition) is 0. The fourth-order valence-electron chi connectivity index (χ4n) is 5.53. The van der Waals surface area contributed by atoms with Gasteiger partial charge < -0.3 is 0 Å². The zero-order chi connectivity index (χ0) is 7.71. The van der Waals surface area contributed by atoms with Crippen LogP contribution in [0.5, 0.6) is 0 Å². The predicted molar refractivity (Wildman–Crippen MR) is 48.6 cm³/mol. The van der Waals surface area contributed by atoms with E-state index in [1.165, 1.54) is 35.5 Å². The van der Waals surface area contributed by atoms with E-state index < -0.39 is 0 Å². The number of rotatable bonds is 0.